The Balaban J connectivity index is 1.41. The summed E-state index contributed by atoms with van der Waals surface area (Å²) in [7, 11) is 1.97. The summed E-state index contributed by atoms with van der Waals surface area (Å²) in [6.45, 7) is 2.23. The van der Waals surface area contributed by atoms with Crippen molar-refractivity contribution in [1.82, 2.24) is 10.2 Å². The Bertz CT molecular complexity index is 670. The molecular weight excluding hydrogens is 310 g/mol. The quantitative estimate of drug-likeness (QED) is 0.831. The molecule has 1 aromatic carbocycles. The highest BCUT2D eigenvalue weighted by atomic mass is 16.6. The molecule has 1 unspecified atom stereocenters. The number of piperidine rings is 1. The number of ether oxygens (including phenoxy) is 2. The van der Waals surface area contributed by atoms with E-state index in [4.69, 9.17) is 9.47 Å². The lowest BCUT2D eigenvalue weighted by molar-refractivity contribution is -0.141. The van der Waals surface area contributed by atoms with Crippen LogP contribution in [-0.4, -0.2) is 61.8 Å². The number of alkyl carbamates (subject to hydrolysis) is 1. The van der Waals surface area contributed by atoms with Crippen LogP contribution in [0.5, 0.6) is 5.75 Å². The van der Waals surface area contributed by atoms with Gasteiger partial charge < -0.3 is 24.6 Å². The van der Waals surface area contributed by atoms with Crippen molar-refractivity contribution in [3.63, 3.8) is 0 Å². The van der Waals surface area contributed by atoms with E-state index < -0.39 is 11.7 Å². The molecule has 1 N–H and O–H groups in total. The number of likely N-dealkylation sites (tertiary alicyclic amines) is 1. The van der Waals surface area contributed by atoms with Crippen LogP contribution in [0.2, 0.25) is 0 Å². The van der Waals surface area contributed by atoms with Gasteiger partial charge in [0.25, 0.3) is 5.91 Å². The molecule has 0 saturated carbocycles. The number of amides is 2. The fourth-order valence-corrected chi connectivity index (χ4v) is 3.66. The number of carbonyl (C=O) groups is 2. The van der Waals surface area contributed by atoms with Gasteiger partial charge in [0, 0.05) is 33.0 Å². The summed E-state index contributed by atoms with van der Waals surface area (Å²) >= 11 is 0. The second-order valence-electron chi connectivity index (χ2n) is 6.71. The van der Waals surface area contributed by atoms with Gasteiger partial charge in [0.1, 0.15) is 11.4 Å². The zero-order valence-corrected chi connectivity index (χ0v) is 13.7. The Labute approximate surface area is 140 Å². The average Bonchev–Trinajstić information content (AvgIpc) is 2.95. The molecule has 1 aromatic rings. The lowest BCUT2D eigenvalue weighted by Gasteiger charge is -2.40. The fraction of sp³-hybridized carbons (Fsp3) is 0.529. The Hall–Kier alpha value is -2.44. The van der Waals surface area contributed by atoms with Crippen LogP contribution in [0.1, 0.15) is 12.8 Å². The molecule has 3 heterocycles. The first-order chi connectivity index (χ1) is 11.6. The van der Waals surface area contributed by atoms with Gasteiger partial charge in [-0.3, -0.25) is 4.79 Å². The normalized spacial score (nSPS) is 24.9. The van der Waals surface area contributed by atoms with Gasteiger partial charge in [0.05, 0.1) is 18.8 Å². The molecule has 0 bridgehead atoms. The van der Waals surface area contributed by atoms with E-state index in [0.717, 1.165) is 11.4 Å². The zero-order valence-electron chi connectivity index (χ0n) is 13.7. The van der Waals surface area contributed by atoms with Crippen molar-refractivity contribution >= 4 is 17.7 Å². The number of likely N-dealkylation sites (N-methyl/N-ethyl adjacent to an activating group) is 1. The SMILES string of the molecule is CN1CC(C(=O)N2CCC3(CC2)CNC(=O)O3)Oc2ccccc21. The van der Waals surface area contributed by atoms with Crippen LogP contribution in [0, 0.1) is 0 Å². The van der Waals surface area contributed by atoms with Gasteiger partial charge in [-0.05, 0) is 12.1 Å². The standard InChI is InChI=1S/C17H21N3O4/c1-19-10-14(23-13-5-3-2-4-12(13)19)15(21)20-8-6-17(7-9-20)11-18-16(22)24-17/h2-5,14H,6-11H2,1H3,(H,18,22). The summed E-state index contributed by atoms with van der Waals surface area (Å²) in [6, 6.07) is 7.75. The molecule has 7 heteroatoms. The molecule has 4 rings (SSSR count). The van der Waals surface area contributed by atoms with E-state index in [-0.39, 0.29) is 12.0 Å². The first kappa shape index (κ1) is 15.1. The van der Waals surface area contributed by atoms with E-state index in [1.54, 1.807) is 0 Å². The summed E-state index contributed by atoms with van der Waals surface area (Å²) in [4.78, 5) is 28.0. The lowest BCUT2D eigenvalue weighted by Crippen LogP contribution is -2.54. The number of rotatable bonds is 1. The Morgan fingerprint density at radius 1 is 1.29 bits per heavy atom. The molecule has 2 amide bonds. The number of carbonyl (C=O) groups excluding carboxylic acids is 2. The highest BCUT2D eigenvalue weighted by molar-refractivity contribution is 5.83. The number of benzene rings is 1. The average molecular weight is 331 g/mol. The maximum Gasteiger partial charge on any atom is 0.407 e. The third-order valence-corrected chi connectivity index (χ3v) is 5.11. The van der Waals surface area contributed by atoms with Crippen molar-refractivity contribution in [1.29, 1.82) is 0 Å². The molecule has 0 radical (unpaired) electrons. The molecular formula is C17H21N3O4. The predicted molar refractivity (Wildman–Crippen MR) is 87.2 cm³/mol. The molecule has 2 saturated heterocycles. The summed E-state index contributed by atoms with van der Waals surface area (Å²) in [6.07, 6.45) is 0.472. The van der Waals surface area contributed by atoms with Crippen LogP contribution in [0.25, 0.3) is 0 Å². The number of fused-ring (bicyclic) bond motifs is 1. The van der Waals surface area contributed by atoms with E-state index in [9.17, 15) is 9.59 Å². The third kappa shape index (κ3) is 2.53. The maximum absolute atomic E-state index is 12.8. The summed E-state index contributed by atoms with van der Waals surface area (Å²) < 4.78 is 11.3. The fourth-order valence-electron chi connectivity index (χ4n) is 3.66. The number of hydrogen-bond acceptors (Lipinski definition) is 5. The maximum atomic E-state index is 12.8. The van der Waals surface area contributed by atoms with Gasteiger partial charge in [-0.25, -0.2) is 4.79 Å². The van der Waals surface area contributed by atoms with E-state index in [1.807, 2.05) is 36.2 Å². The van der Waals surface area contributed by atoms with Crippen molar-refractivity contribution in [2.24, 2.45) is 0 Å². The molecule has 24 heavy (non-hydrogen) atoms. The zero-order chi connectivity index (χ0) is 16.7. The monoisotopic (exact) mass is 331 g/mol. The van der Waals surface area contributed by atoms with Crippen molar-refractivity contribution < 1.29 is 19.1 Å². The number of nitrogens with one attached hydrogen (secondary N) is 1. The van der Waals surface area contributed by atoms with Crippen LogP contribution < -0.4 is 15.0 Å². The molecule has 0 aliphatic carbocycles. The first-order valence-corrected chi connectivity index (χ1v) is 8.29. The molecule has 128 valence electrons. The van der Waals surface area contributed by atoms with Gasteiger partial charge in [-0.15, -0.1) is 0 Å². The molecule has 3 aliphatic rings. The minimum Gasteiger partial charge on any atom is -0.477 e. The number of nitrogens with zero attached hydrogens (tertiary/aromatic N) is 2. The Morgan fingerprint density at radius 3 is 2.75 bits per heavy atom. The van der Waals surface area contributed by atoms with Gasteiger partial charge in [-0.2, -0.15) is 0 Å². The number of para-hydroxylation sites is 2. The van der Waals surface area contributed by atoms with Crippen LogP contribution >= 0.6 is 0 Å². The third-order valence-electron chi connectivity index (χ3n) is 5.11. The summed E-state index contributed by atoms with van der Waals surface area (Å²) in [5.41, 5.74) is 0.563. The van der Waals surface area contributed by atoms with E-state index in [0.29, 0.717) is 39.0 Å². The van der Waals surface area contributed by atoms with Crippen molar-refractivity contribution in [3.05, 3.63) is 24.3 Å². The summed E-state index contributed by atoms with van der Waals surface area (Å²) in [5, 5.41) is 2.71. The van der Waals surface area contributed by atoms with Gasteiger partial charge in [0.2, 0.25) is 0 Å². The smallest absolute Gasteiger partial charge is 0.407 e. The molecule has 2 fully saturated rings. The number of anilines is 1. The molecule has 7 nitrogen and oxygen atoms in total. The van der Waals surface area contributed by atoms with E-state index >= 15 is 0 Å². The second kappa shape index (κ2) is 5.58. The summed E-state index contributed by atoms with van der Waals surface area (Å²) in [5.74, 6) is 0.746. The second-order valence-corrected chi connectivity index (χ2v) is 6.71. The predicted octanol–water partition coefficient (Wildman–Crippen LogP) is 0.985. The first-order valence-electron chi connectivity index (χ1n) is 8.29. The largest absolute Gasteiger partial charge is 0.477 e. The molecule has 1 atom stereocenters. The van der Waals surface area contributed by atoms with E-state index in [1.165, 1.54) is 0 Å². The molecule has 1 spiro atoms. The van der Waals surface area contributed by atoms with Crippen molar-refractivity contribution in [2.45, 2.75) is 24.5 Å². The van der Waals surface area contributed by atoms with E-state index in [2.05, 4.69) is 10.2 Å². The van der Waals surface area contributed by atoms with Crippen LogP contribution in [0.4, 0.5) is 10.5 Å². The van der Waals surface area contributed by atoms with Gasteiger partial charge >= 0.3 is 6.09 Å². The van der Waals surface area contributed by atoms with Gasteiger partial charge in [-0.1, -0.05) is 12.1 Å². The highest BCUT2D eigenvalue weighted by Gasteiger charge is 2.44. The number of hydrogen-bond donors (Lipinski definition) is 1. The topological polar surface area (TPSA) is 71.1 Å². The van der Waals surface area contributed by atoms with Crippen molar-refractivity contribution in [2.75, 3.05) is 38.1 Å². The van der Waals surface area contributed by atoms with Gasteiger partial charge in [0.15, 0.2) is 6.10 Å². The minimum absolute atomic E-state index is 0.00323. The Morgan fingerprint density at radius 2 is 2.04 bits per heavy atom. The Kier molecular flexibility index (Phi) is 3.51. The highest BCUT2D eigenvalue weighted by Crippen LogP contribution is 2.33. The van der Waals surface area contributed by atoms with Crippen LogP contribution in [0.3, 0.4) is 0 Å². The van der Waals surface area contributed by atoms with Crippen molar-refractivity contribution in [3.8, 4) is 5.75 Å². The molecule has 0 aromatic heterocycles. The molecule has 3 aliphatic heterocycles. The minimum atomic E-state index is -0.497. The van der Waals surface area contributed by atoms with Crippen LogP contribution in [0.15, 0.2) is 24.3 Å². The lowest BCUT2D eigenvalue weighted by atomic mass is 9.91. The van der Waals surface area contributed by atoms with Crippen LogP contribution in [-0.2, 0) is 9.53 Å².